The van der Waals surface area contributed by atoms with Gasteiger partial charge in [-0.25, -0.2) is 0 Å². The molecule has 0 aliphatic carbocycles. The van der Waals surface area contributed by atoms with Crippen LogP contribution in [0.25, 0.3) is 0 Å². The summed E-state index contributed by atoms with van der Waals surface area (Å²) in [5.74, 6) is 0.529. The van der Waals surface area contributed by atoms with Gasteiger partial charge in [0.2, 0.25) is 0 Å². The highest BCUT2D eigenvalue weighted by Gasteiger charge is 2.22. The summed E-state index contributed by atoms with van der Waals surface area (Å²) >= 11 is 0. The van der Waals surface area contributed by atoms with Crippen molar-refractivity contribution in [2.45, 2.75) is 32.2 Å². The molecule has 3 N–H and O–H groups in total. The largest absolute Gasteiger partial charge is 0.382 e. The van der Waals surface area contributed by atoms with Crippen LogP contribution in [0.3, 0.4) is 0 Å². The summed E-state index contributed by atoms with van der Waals surface area (Å²) in [6, 6.07) is 10.9. The third-order valence-electron chi connectivity index (χ3n) is 4.18. The van der Waals surface area contributed by atoms with Crippen molar-refractivity contribution in [2.75, 3.05) is 39.4 Å². The number of benzene rings is 1. The topological polar surface area (TPSA) is 62.9 Å². The highest BCUT2D eigenvalue weighted by atomic mass is 16.5. The average Bonchev–Trinajstić information content (AvgIpc) is 3.10. The molecule has 2 rings (SSSR count). The van der Waals surface area contributed by atoms with Gasteiger partial charge in [-0.1, -0.05) is 30.3 Å². The Labute approximate surface area is 139 Å². The number of hydrogen-bond donors (Lipinski definition) is 2. The Morgan fingerprint density at radius 1 is 1.30 bits per heavy atom. The van der Waals surface area contributed by atoms with Crippen LogP contribution in [-0.2, 0) is 4.74 Å². The monoisotopic (exact) mass is 318 g/mol. The SMILES string of the molecule is CCOCCCNC(N)=NC[C@@H](c1ccccc1)N1CCCC1. The fraction of sp³-hybridized carbons (Fsp3) is 0.611. The molecule has 5 nitrogen and oxygen atoms in total. The normalized spacial score (nSPS) is 17.3. The number of ether oxygens (including phenoxy) is 1. The Balaban J connectivity index is 1.86. The second-order valence-corrected chi connectivity index (χ2v) is 5.87. The summed E-state index contributed by atoms with van der Waals surface area (Å²) in [4.78, 5) is 7.08. The van der Waals surface area contributed by atoms with Crippen LogP contribution in [0.5, 0.6) is 0 Å². The Morgan fingerprint density at radius 3 is 2.74 bits per heavy atom. The number of aliphatic imine (C=N–C) groups is 1. The van der Waals surface area contributed by atoms with Gasteiger partial charge >= 0.3 is 0 Å². The van der Waals surface area contributed by atoms with Gasteiger partial charge < -0.3 is 15.8 Å². The van der Waals surface area contributed by atoms with Gasteiger partial charge in [-0.3, -0.25) is 9.89 Å². The average molecular weight is 318 g/mol. The van der Waals surface area contributed by atoms with Crippen LogP contribution in [0.1, 0.15) is 37.8 Å². The van der Waals surface area contributed by atoms with Crippen molar-refractivity contribution in [1.29, 1.82) is 0 Å². The lowest BCUT2D eigenvalue weighted by Crippen LogP contribution is -2.35. The first-order valence-corrected chi connectivity index (χ1v) is 8.71. The maximum absolute atomic E-state index is 5.99. The second kappa shape index (κ2) is 10.2. The summed E-state index contributed by atoms with van der Waals surface area (Å²) in [6.45, 7) is 7.33. The minimum absolute atomic E-state index is 0.322. The summed E-state index contributed by atoms with van der Waals surface area (Å²) in [5, 5.41) is 3.17. The van der Waals surface area contributed by atoms with Crippen molar-refractivity contribution in [3.63, 3.8) is 0 Å². The molecule has 0 unspecified atom stereocenters. The maximum atomic E-state index is 5.99. The van der Waals surface area contributed by atoms with Gasteiger partial charge in [0.15, 0.2) is 5.96 Å². The van der Waals surface area contributed by atoms with E-state index in [1.54, 1.807) is 0 Å². The molecule has 1 aliphatic rings. The molecule has 1 heterocycles. The molecule has 1 aliphatic heterocycles. The molecule has 0 spiro atoms. The summed E-state index contributed by atoms with van der Waals surface area (Å²) in [5.41, 5.74) is 7.31. The smallest absolute Gasteiger partial charge is 0.188 e. The van der Waals surface area contributed by atoms with Crippen molar-refractivity contribution in [2.24, 2.45) is 10.7 Å². The Bertz CT molecular complexity index is 457. The molecule has 1 saturated heterocycles. The Hall–Kier alpha value is -1.59. The zero-order valence-electron chi connectivity index (χ0n) is 14.2. The van der Waals surface area contributed by atoms with Gasteiger partial charge in [0.05, 0.1) is 12.6 Å². The molecule has 23 heavy (non-hydrogen) atoms. The number of guanidine groups is 1. The van der Waals surface area contributed by atoms with Crippen LogP contribution in [-0.4, -0.2) is 50.3 Å². The second-order valence-electron chi connectivity index (χ2n) is 5.87. The standard InChI is InChI=1S/C18H30N4O/c1-2-23-14-8-11-20-18(19)21-15-17(22-12-6-7-13-22)16-9-4-3-5-10-16/h3-5,9-10,17H,2,6-8,11-15H2,1H3,(H3,19,20,21)/t17-/m0/s1. The Morgan fingerprint density at radius 2 is 2.04 bits per heavy atom. The van der Waals surface area contributed by atoms with Crippen LogP contribution < -0.4 is 11.1 Å². The van der Waals surface area contributed by atoms with Crippen LogP contribution >= 0.6 is 0 Å². The number of nitrogens with one attached hydrogen (secondary N) is 1. The third-order valence-corrected chi connectivity index (χ3v) is 4.18. The number of rotatable bonds is 9. The van der Waals surface area contributed by atoms with Gasteiger partial charge in [-0.15, -0.1) is 0 Å². The van der Waals surface area contributed by atoms with Gasteiger partial charge in [0.1, 0.15) is 0 Å². The van der Waals surface area contributed by atoms with Gasteiger partial charge in [0, 0.05) is 19.8 Å². The van der Waals surface area contributed by atoms with Gasteiger partial charge in [-0.05, 0) is 44.8 Å². The van der Waals surface area contributed by atoms with E-state index in [9.17, 15) is 0 Å². The zero-order valence-corrected chi connectivity index (χ0v) is 14.2. The van der Waals surface area contributed by atoms with Crippen molar-refractivity contribution < 1.29 is 4.74 Å². The molecule has 1 aromatic rings. The molecule has 5 heteroatoms. The highest BCUT2D eigenvalue weighted by Crippen LogP contribution is 2.25. The van der Waals surface area contributed by atoms with Crippen LogP contribution in [0.2, 0.25) is 0 Å². The predicted molar refractivity (Wildman–Crippen MR) is 95.6 cm³/mol. The number of nitrogens with two attached hydrogens (primary N) is 1. The van der Waals surface area contributed by atoms with Crippen LogP contribution in [0.15, 0.2) is 35.3 Å². The van der Waals surface area contributed by atoms with E-state index in [1.165, 1.54) is 18.4 Å². The zero-order chi connectivity index (χ0) is 16.3. The molecule has 0 bridgehead atoms. The van der Waals surface area contributed by atoms with E-state index < -0.39 is 0 Å². The van der Waals surface area contributed by atoms with E-state index in [0.717, 1.165) is 39.3 Å². The molecular weight excluding hydrogens is 288 g/mol. The molecule has 1 atom stereocenters. The molecule has 0 saturated carbocycles. The first kappa shape index (κ1) is 17.8. The van der Waals surface area contributed by atoms with E-state index >= 15 is 0 Å². The lowest BCUT2D eigenvalue weighted by Gasteiger charge is -2.26. The van der Waals surface area contributed by atoms with E-state index in [4.69, 9.17) is 10.5 Å². The lowest BCUT2D eigenvalue weighted by molar-refractivity contribution is 0.145. The maximum Gasteiger partial charge on any atom is 0.188 e. The predicted octanol–water partition coefficient (Wildman–Crippen LogP) is 2.15. The molecular formula is C18H30N4O. The first-order valence-electron chi connectivity index (χ1n) is 8.71. The minimum Gasteiger partial charge on any atom is -0.382 e. The molecule has 0 aromatic heterocycles. The molecule has 1 fully saturated rings. The molecule has 0 radical (unpaired) electrons. The summed E-state index contributed by atoms with van der Waals surface area (Å²) in [7, 11) is 0. The van der Waals surface area contributed by atoms with E-state index in [-0.39, 0.29) is 0 Å². The fourth-order valence-corrected chi connectivity index (χ4v) is 2.94. The quantitative estimate of drug-likeness (QED) is 0.416. The van der Waals surface area contributed by atoms with Crippen LogP contribution in [0.4, 0.5) is 0 Å². The van der Waals surface area contributed by atoms with E-state index in [0.29, 0.717) is 18.5 Å². The van der Waals surface area contributed by atoms with Crippen molar-refractivity contribution in [3.05, 3.63) is 35.9 Å². The fourth-order valence-electron chi connectivity index (χ4n) is 2.94. The third kappa shape index (κ3) is 6.20. The Kier molecular flexibility index (Phi) is 7.90. The van der Waals surface area contributed by atoms with Crippen molar-refractivity contribution in [3.8, 4) is 0 Å². The summed E-state index contributed by atoms with van der Waals surface area (Å²) in [6.07, 6.45) is 3.49. The highest BCUT2D eigenvalue weighted by molar-refractivity contribution is 5.77. The molecule has 0 amide bonds. The molecule has 128 valence electrons. The van der Waals surface area contributed by atoms with Gasteiger partial charge in [-0.2, -0.15) is 0 Å². The summed E-state index contributed by atoms with van der Waals surface area (Å²) < 4.78 is 5.31. The van der Waals surface area contributed by atoms with E-state index in [2.05, 4.69) is 45.5 Å². The van der Waals surface area contributed by atoms with E-state index in [1.807, 2.05) is 6.92 Å². The van der Waals surface area contributed by atoms with Crippen molar-refractivity contribution in [1.82, 2.24) is 10.2 Å². The first-order chi connectivity index (χ1) is 11.3. The number of likely N-dealkylation sites (tertiary alicyclic amines) is 1. The lowest BCUT2D eigenvalue weighted by atomic mass is 10.1. The minimum atomic E-state index is 0.322. The molecule has 1 aromatic carbocycles. The van der Waals surface area contributed by atoms with Crippen LogP contribution in [0, 0.1) is 0 Å². The number of hydrogen-bond acceptors (Lipinski definition) is 3. The van der Waals surface area contributed by atoms with Gasteiger partial charge in [0.25, 0.3) is 0 Å². The number of nitrogens with zero attached hydrogens (tertiary/aromatic N) is 2. The van der Waals surface area contributed by atoms with Crippen molar-refractivity contribution >= 4 is 5.96 Å².